The Morgan fingerprint density at radius 3 is 2.47 bits per heavy atom. The fourth-order valence-corrected chi connectivity index (χ4v) is 13.0. The van der Waals surface area contributed by atoms with Gasteiger partial charge in [0.05, 0.1) is 60.7 Å². The lowest BCUT2D eigenvalue weighted by Crippen LogP contribution is -2.49. The highest BCUT2D eigenvalue weighted by molar-refractivity contribution is 6.72. The third kappa shape index (κ3) is 8.21. The van der Waals surface area contributed by atoms with Crippen molar-refractivity contribution in [1.29, 1.82) is 0 Å². The summed E-state index contributed by atoms with van der Waals surface area (Å²) in [5.74, 6) is -1.15. The van der Waals surface area contributed by atoms with Gasteiger partial charge >= 0.3 is 0 Å². The molecule has 1 fully saturated rings. The molecule has 3 amide bonds. The molecule has 338 valence electrons. The smallest absolute Gasteiger partial charge is 0.269 e. The van der Waals surface area contributed by atoms with Gasteiger partial charge in [0.15, 0.2) is 5.60 Å². The zero-order chi connectivity index (χ0) is 45.5. The minimum Gasteiger partial charge on any atom is -0.494 e. The molecule has 1 saturated heterocycles. The maximum Gasteiger partial charge on any atom is 0.269 e. The van der Waals surface area contributed by atoms with Gasteiger partial charge in [-0.15, -0.1) is 0 Å². The molecule has 6 atom stereocenters. The van der Waals surface area contributed by atoms with Crippen molar-refractivity contribution in [3.63, 3.8) is 0 Å². The van der Waals surface area contributed by atoms with Gasteiger partial charge in [-0.1, -0.05) is 43.3 Å². The number of non-ortho nitro benzene ring substituents is 1. The molecule has 0 radical (unpaired) electrons. The number of carbonyl (C=O) groups is 3. The van der Waals surface area contributed by atoms with E-state index in [1.54, 1.807) is 22.8 Å². The molecule has 3 N–H and O–H groups in total. The van der Waals surface area contributed by atoms with Gasteiger partial charge in [0.1, 0.15) is 5.75 Å². The minimum absolute atomic E-state index is 0.00754. The number of aliphatic hydroxyl groups excluding tert-OH is 2. The first-order valence-corrected chi connectivity index (χ1v) is 25.1. The topological polar surface area (TPSA) is 175 Å². The van der Waals surface area contributed by atoms with Crippen molar-refractivity contribution in [2.24, 2.45) is 5.92 Å². The summed E-state index contributed by atoms with van der Waals surface area (Å²) in [7, 11) is -3.73. The third-order valence-electron chi connectivity index (χ3n) is 13.4. The second kappa shape index (κ2) is 18.2. The fraction of sp³-hybridized carbons (Fsp3) is 0.438. The molecule has 16 heteroatoms. The monoisotopic (exact) mass is 893 g/mol. The van der Waals surface area contributed by atoms with Crippen LogP contribution in [0.2, 0.25) is 18.6 Å². The summed E-state index contributed by atoms with van der Waals surface area (Å²) >= 11 is 0. The number of ether oxygens (including phenoxy) is 2. The lowest BCUT2D eigenvalue weighted by molar-refractivity contribution is -0.385. The number of aliphatic hydroxyl groups is 2. The first-order valence-electron chi connectivity index (χ1n) is 22.2. The maximum absolute atomic E-state index is 16.8. The predicted octanol–water partition coefficient (Wildman–Crippen LogP) is 6.60. The molecule has 0 aromatic heterocycles. The van der Waals surface area contributed by atoms with E-state index in [2.05, 4.69) is 5.32 Å². The van der Waals surface area contributed by atoms with Crippen LogP contribution in [0.25, 0.3) is 0 Å². The van der Waals surface area contributed by atoms with Crippen LogP contribution in [0.5, 0.6) is 5.75 Å². The average Bonchev–Trinajstić information content (AvgIpc) is 3.70. The van der Waals surface area contributed by atoms with E-state index in [4.69, 9.17) is 9.47 Å². The highest BCUT2D eigenvalue weighted by Gasteiger charge is 2.67. The molecule has 8 rings (SSSR count). The number of benzene rings is 4. The van der Waals surface area contributed by atoms with Gasteiger partial charge in [-0.05, 0) is 111 Å². The van der Waals surface area contributed by atoms with Crippen LogP contribution < -0.4 is 19.9 Å². The van der Waals surface area contributed by atoms with Gasteiger partial charge in [-0.2, -0.15) is 0 Å². The Hall–Kier alpha value is -5.52. The maximum atomic E-state index is 16.8. The molecule has 4 aliphatic heterocycles. The molecular weight excluding hydrogens is 838 g/mol. The third-order valence-corrected chi connectivity index (χ3v) is 15.9. The fourth-order valence-electron chi connectivity index (χ4n) is 10.5. The predicted molar refractivity (Wildman–Crippen MR) is 242 cm³/mol. The summed E-state index contributed by atoms with van der Waals surface area (Å²) in [4.78, 5) is 60.4. The zero-order valence-corrected chi connectivity index (χ0v) is 37.7. The summed E-state index contributed by atoms with van der Waals surface area (Å²) in [5, 5.41) is 35.3. The molecular formula is C48H56FN5O9Si. The second-order valence-corrected chi connectivity index (χ2v) is 21.7. The molecule has 4 heterocycles. The SMILES string of the molecule is CCOc1ccc2c(c1)CC(NCCCCO)C(=O)N2c1cccc(CN2C(=O)[C@]3(O[C@H](CC(=O)N4Cc5ccccc5C[C@H]4CO)[C@@H]([Si](C)(C)F)[C@@H]3C)c3cc([N+](=O)[O-])ccc32)c1. The van der Waals surface area contributed by atoms with Crippen molar-refractivity contribution in [3.8, 4) is 5.75 Å². The number of hydrogen-bond acceptors (Lipinski definition) is 10. The molecule has 0 aliphatic carbocycles. The summed E-state index contributed by atoms with van der Waals surface area (Å²) in [5.41, 5.74) is 2.50. The second-order valence-electron chi connectivity index (χ2n) is 17.9. The van der Waals surface area contributed by atoms with E-state index in [0.29, 0.717) is 67.2 Å². The van der Waals surface area contributed by atoms with Gasteiger partial charge in [0, 0.05) is 48.0 Å². The highest BCUT2D eigenvalue weighted by Crippen LogP contribution is 2.61. The van der Waals surface area contributed by atoms with E-state index < -0.39 is 54.5 Å². The number of halogens is 1. The Morgan fingerprint density at radius 2 is 1.75 bits per heavy atom. The molecule has 64 heavy (non-hydrogen) atoms. The number of fused-ring (bicyclic) bond motifs is 4. The van der Waals surface area contributed by atoms with Gasteiger partial charge in [0.2, 0.25) is 20.2 Å². The van der Waals surface area contributed by atoms with Crippen molar-refractivity contribution in [2.75, 3.05) is 36.2 Å². The molecule has 1 spiro atoms. The van der Waals surface area contributed by atoms with E-state index in [1.807, 2.05) is 67.6 Å². The lowest BCUT2D eigenvalue weighted by Gasteiger charge is -2.37. The number of carbonyl (C=O) groups excluding carboxylic acids is 3. The Labute approximate surface area is 373 Å². The number of unbranched alkanes of at least 4 members (excludes halogenated alkanes) is 1. The van der Waals surface area contributed by atoms with E-state index in [0.717, 1.165) is 16.7 Å². The molecule has 4 aromatic carbocycles. The summed E-state index contributed by atoms with van der Waals surface area (Å²) in [6.07, 6.45) is 0.913. The number of nitrogens with one attached hydrogen (secondary N) is 1. The van der Waals surface area contributed by atoms with Crippen molar-refractivity contribution in [2.45, 2.75) is 101 Å². The van der Waals surface area contributed by atoms with Crippen LogP contribution in [0.4, 0.5) is 26.9 Å². The molecule has 0 bridgehead atoms. The Bertz CT molecular complexity index is 2450. The molecule has 4 aromatic rings. The van der Waals surface area contributed by atoms with E-state index in [9.17, 15) is 29.9 Å². The van der Waals surface area contributed by atoms with E-state index in [1.165, 1.54) is 36.2 Å². The van der Waals surface area contributed by atoms with Crippen LogP contribution in [0.3, 0.4) is 0 Å². The van der Waals surface area contributed by atoms with E-state index in [-0.39, 0.29) is 55.8 Å². The van der Waals surface area contributed by atoms with Gasteiger partial charge in [0.25, 0.3) is 11.6 Å². The molecule has 4 aliphatic rings. The first-order chi connectivity index (χ1) is 30.7. The number of amides is 3. The molecule has 14 nitrogen and oxygen atoms in total. The highest BCUT2D eigenvalue weighted by atomic mass is 28.4. The van der Waals surface area contributed by atoms with Crippen molar-refractivity contribution in [1.82, 2.24) is 10.2 Å². The summed E-state index contributed by atoms with van der Waals surface area (Å²) in [6, 6.07) is 23.8. The quantitative estimate of drug-likeness (QED) is 0.0388. The average molecular weight is 894 g/mol. The first kappa shape index (κ1) is 45.1. The van der Waals surface area contributed by atoms with Crippen LogP contribution in [0, 0.1) is 16.0 Å². The lowest BCUT2D eigenvalue weighted by atomic mass is 9.82. The van der Waals surface area contributed by atoms with Crippen molar-refractivity contribution in [3.05, 3.63) is 123 Å². The van der Waals surface area contributed by atoms with Crippen LogP contribution in [0.1, 0.15) is 60.9 Å². The standard InChI is InChI=1S/C48H56FN5O9Si/c1-5-62-38-16-18-41-34(23-38)24-40(50-19-8-9-20-55)46(58)53(41)35-14-10-11-31(21-35)27-52-42-17-15-36(54(60)61)25-39(42)48(47(52)59)30(2)45(64(3,4)49)43(63-48)26-44(57)51-28-33-13-7-6-12-32(33)22-37(51)29-56/h6-7,10-18,21,23,25,30,37,40,43,45,50,55-56H,5,8-9,19-20,22,24,26-29H2,1-4H3/t30-,37-,40?,43+,45-,48+/m0/s1. The molecule has 0 saturated carbocycles. The number of rotatable bonds is 15. The van der Waals surface area contributed by atoms with Crippen molar-refractivity contribution < 1.29 is 43.1 Å². The van der Waals surface area contributed by atoms with Gasteiger partial charge in [-0.3, -0.25) is 29.4 Å². The normalized spacial score (nSPS) is 23.9. The largest absolute Gasteiger partial charge is 0.494 e. The zero-order valence-electron chi connectivity index (χ0n) is 36.7. The summed E-state index contributed by atoms with van der Waals surface area (Å²) in [6.45, 7) is 7.79. The Kier molecular flexibility index (Phi) is 12.8. The van der Waals surface area contributed by atoms with Crippen LogP contribution >= 0.6 is 0 Å². The Morgan fingerprint density at radius 1 is 0.984 bits per heavy atom. The van der Waals surface area contributed by atoms with Crippen molar-refractivity contribution >= 4 is 48.9 Å². The number of nitrogens with zero attached hydrogens (tertiary/aromatic N) is 4. The van der Waals surface area contributed by atoms with Gasteiger partial charge < -0.3 is 38.9 Å². The Balaban J connectivity index is 1.13. The van der Waals surface area contributed by atoms with E-state index >= 15 is 8.90 Å². The van der Waals surface area contributed by atoms with Crippen LogP contribution in [0.15, 0.2) is 84.9 Å². The van der Waals surface area contributed by atoms with Crippen LogP contribution in [-0.2, 0) is 50.7 Å². The number of nitro benzene ring substituents is 1. The molecule has 1 unspecified atom stereocenters. The van der Waals surface area contributed by atoms with Crippen LogP contribution in [-0.4, -0.2) is 90.7 Å². The number of anilines is 3. The summed E-state index contributed by atoms with van der Waals surface area (Å²) < 4.78 is 29.4. The number of hydrogen-bond donors (Lipinski definition) is 3. The number of nitro groups is 1. The van der Waals surface area contributed by atoms with Gasteiger partial charge in [-0.25, -0.2) is 0 Å². The minimum atomic E-state index is -3.73.